The molecule has 39 heavy (non-hydrogen) atoms. The first-order valence-electron chi connectivity index (χ1n) is 15.9. The van der Waals surface area contributed by atoms with Gasteiger partial charge < -0.3 is 4.74 Å². The summed E-state index contributed by atoms with van der Waals surface area (Å²) in [4.78, 5) is 0. The standard InChI is InChI=1S/C38H52O/c1-7-29-26-34(20-22-36(29)33-18-16-32(17-19-33)31-14-12-28(6)13-15-31)35-21-23-37(30(8-2)27-35)39-25-24-38(9-3,10-4)11-5/h16-23,26-28,31H,7-15,24-25H2,1-6H3. The summed E-state index contributed by atoms with van der Waals surface area (Å²) in [5.74, 6) is 2.70. The van der Waals surface area contributed by atoms with Crippen molar-refractivity contribution in [2.24, 2.45) is 11.3 Å². The highest BCUT2D eigenvalue weighted by Gasteiger charge is 2.24. The third kappa shape index (κ3) is 6.97. The zero-order valence-electron chi connectivity index (χ0n) is 25.6. The van der Waals surface area contributed by atoms with Crippen molar-refractivity contribution in [3.05, 3.63) is 77.4 Å². The van der Waals surface area contributed by atoms with Crippen molar-refractivity contribution in [3.8, 4) is 28.0 Å². The van der Waals surface area contributed by atoms with Crippen LogP contribution in [-0.4, -0.2) is 6.61 Å². The predicted octanol–water partition coefficient (Wildman–Crippen LogP) is 11.4. The minimum atomic E-state index is 0.416. The Bertz CT molecular complexity index is 1170. The molecule has 4 rings (SSSR count). The van der Waals surface area contributed by atoms with Gasteiger partial charge in [-0.05, 0) is 100 Å². The fourth-order valence-corrected chi connectivity index (χ4v) is 6.71. The lowest BCUT2D eigenvalue weighted by molar-refractivity contribution is 0.173. The Labute approximate surface area is 239 Å². The lowest BCUT2D eigenvalue weighted by Gasteiger charge is -2.30. The van der Waals surface area contributed by atoms with Crippen LogP contribution in [0.4, 0.5) is 0 Å². The molecule has 0 heterocycles. The van der Waals surface area contributed by atoms with Crippen LogP contribution in [0.1, 0.15) is 116 Å². The van der Waals surface area contributed by atoms with Gasteiger partial charge >= 0.3 is 0 Å². The third-order valence-electron chi connectivity index (χ3n) is 10.1. The molecule has 1 nitrogen and oxygen atoms in total. The molecular formula is C38H52O. The number of aryl methyl sites for hydroxylation is 2. The largest absolute Gasteiger partial charge is 0.493 e. The van der Waals surface area contributed by atoms with Crippen LogP contribution in [0.15, 0.2) is 60.7 Å². The first-order chi connectivity index (χ1) is 19.0. The second-order valence-corrected chi connectivity index (χ2v) is 12.1. The molecule has 0 spiro atoms. The molecule has 0 N–H and O–H groups in total. The van der Waals surface area contributed by atoms with E-state index in [1.807, 2.05) is 0 Å². The van der Waals surface area contributed by atoms with Gasteiger partial charge in [0, 0.05) is 0 Å². The highest BCUT2D eigenvalue weighted by molar-refractivity contribution is 5.74. The van der Waals surface area contributed by atoms with Crippen molar-refractivity contribution >= 4 is 0 Å². The van der Waals surface area contributed by atoms with Gasteiger partial charge in [-0.25, -0.2) is 0 Å². The van der Waals surface area contributed by atoms with Gasteiger partial charge in [0.25, 0.3) is 0 Å². The first-order valence-corrected chi connectivity index (χ1v) is 15.9. The van der Waals surface area contributed by atoms with E-state index >= 15 is 0 Å². The second kappa shape index (κ2) is 13.7. The van der Waals surface area contributed by atoms with Crippen LogP contribution in [0.25, 0.3) is 22.3 Å². The van der Waals surface area contributed by atoms with Crippen molar-refractivity contribution in [1.82, 2.24) is 0 Å². The van der Waals surface area contributed by atoms with Gasteiger partial charge in [0.1, 0.15) is 5.75 Å². The van der Waals surface area contributed by atoms with Crippen LogP contribution in [-0.2, 0) is 12.8 Å². The molecule has 0 atom stereocenters. The van der Waals surface area contributed by atoms with Crippen molar-refractivity contribution in [2.45, 2.75) is 112 Å². The summed E-state index contributed by atoms with van der Waals surface area (Å²) in [5, 5.41) is 0. The van der Waals surface area contributed by atoms with E-state index < -0.39 is 0 Å². The minimum absolute atomic E-state index is 0.416. The Morgan fingerprint density at radius 1 is 0.667 bits per heavy atom. The zero-order valence-corrected chi connectivity index (χ0v) is 25.6. The quantitative estimate of drug-likeness (QED) is 0.229. The molecule has 0 aromatic heterocycles. The van der Waals surface area contributed by atoms with Crippen LogP contribution in [0.2, 0.25) is 0 Å². The molecule has 1 aliphatic rings. The van der Waals surface area contributed by atoms with Crippen LogP contribution < -0.4 is 4.74 Å². The molecule has 0 aliphatic heterocycles. The van der Waals surface area contributed by atoms with E-state index in [-0.39, 0.29) is 0 Å². The molecule has 0 saturated heterocycles. The normalized spacial score (nSPS) is 17.8. The maximum absolute atomic E-state index is 6.36. The summed E-state index contributed by atoms with van der Waals surface area (Å²) < 4.78 is 6.36. The van der Waals surface area contributed by atoms with Gasteiger partial charge in [-0.3, -0.25) is 0 Å². The molecule has 0 bridgehead atoms. The van der Waals surface area contributed by atoms with Gasteiger partial charge in [0.05, 0.1) is 6.61 Å². The average molecular weight is 525 g/mol. The smallest absolute Gasteiger partial charge is 0.122 e. The highest BCUT2D eigenvalue weighted by atomic mass is 16.5. The van der Waals surface area contributed by atoms with E-state index in [0.717, 1.165) is 43.5 Å². The minimum Gasteiger partial charge on any atom is -0.493 e. The molecule has 1 heteroatoms. The summed E-state index contributed by atoms with van der Waals surface area (Å²) in [6.45, 7) is 14.7. The highest BCUT2D eigenvalue weighted by Crippen LogP contribution is 2.38. The van der Waals surface area contributed by atoms with E-state index in [2.05, 4.69) is 102 Å². The van der Waals surface area contributed by atoms with Crippen LogP contribution in [0, 0.1) is 11.3 Å². The van der Waals surface area contributed by atoms with Crippen LogP contribution >= 0.6 is 0 Å². The molecule has 1 saturated carbocycles. The van der Waals surface area contributed by atoms with Crippen molar-refractivity contribution in [3.63, 3.8) is 0 Å². The van der Waals surface area contributed by atoms with Gasteiger partial charge in [-0.2, -0.15) is 0 Å². The van der Waals surface area contributed by atoms with Crippen molar-refractivity contribution < 1.29 is 4.74 Å². The average Bonchev–Trinajstić information content (AvgIpc) is 3.00. The molecule has 3 aromatic carbocycles. The molecule has 0 unspecified atom stereocenters. The van der Waals surface area contributed by atoms with E-state index in [1.54, 1.807) is 0 Å². The summed E-state index contributed by atoms with van der Waals surface area (Å²) in [6, 6.07) is 23.3. The molecule has 1 fully saturated rings. The summed E-state index contributed by atoms with van der Waals surface area (Å²) in [5.41, 5.74) is 9.95. The Hall–Kier alpha value is -2.54. The fourth-order valence-electron chi connectivity index (χ4n) is 6.71. The van der Waals surface area contributed by atoms with Gasteiger partial charge in [-0.15, -0.1) is 0 Å². The van der Waals surface area contributed by atoms with Crippen molar-refractivity contribution in [1.29, 1.82) is 0 Å². The zero-order chi connectivity index (χ0) is 27.8. The number of benzene rings is 3. The summed E-state index contributed by atoms with van der Waals surface area (Å²) in [7, 11) is 0. The second-order valence-electron chi connectivity index (χ2n) is 12.1. The molecule has 3 aromatic rings. The molecule has 210 valence electrons. The number of hydrogen-bond acceptors (Lipinski definition) is 1. The Balaban J connectivity index is 1.49. The van der Waals surface area contributed by atoms with Crippen LogP contribution in [0.3, 0.4) is 0 Å². The fraction of sp³-hybridized carbons (Fsp3) is 0.526. The molecule has 0 radical (unpaired) electrons. The number of ether oxygens (including phenoxy) is 1. The van der Waals surface area contributed by atoms with E-state index in [1.165, 1.54) is 83.9 Å². The Morgan fingerprint density at radius 2 is 1.23 bits per heavy atom. The van der Waals surface area contributed by atoms with Crippen molar-refractivity contribution in [2.75, 3.05) is 6.61 Å². The lowest BCUT2D eigenvalue weighted by atomic mass is 9.77. The maximum atomic E-state index is 6.36. The van der Waals surface area contributed by atoms with E-state index in [9.17, 15) is 0 Å². The third-order valence-corrected chi connectivity index (χ3v) is 10.1. The molecular weight excluding hydrogens is 472 g/mol. The topological polar surface area (TPSA) is 9.23 Å². The number of hydrogen-bond donors (Lipinski definition) is 0. The van der Waals surface area contributed by atoms with E-state index in [4.69, 9.17) is 4.74 Å². The number of rotatable bonds is 12. The summed E-state index contributed by atoms with van der Waals surface area (Å²) in [6.07, 6.45) is 12.2. The lowest BCUT2D eigenvalue weighted by Crippen LogP contribution is -2.21. The SMILES string of the molecule is CCc1cc(-c2ccc(-c3ccc(C4CCC(C)CC4)cc3)c(CC)c2)ccc1OCCC(CC)(CC)CC. The molecule has 1 aliphatic carbocycles. The molecule has 0 amide bonds. The maximum Gasteiger partial charge on any atom is 0.122 e. The predicted molar refractivity (Wildman–Crippen MR) is 170 cm³/mol. The first kappa shape index (κ1) is 29.4. The summed E-state index contributed by atoms with van der Waals surface area (Å²) >= 11 is 0. The van der Waals surface area contributed by atoms with E-state index in [0.29, 0.717) is 5.41 Å². The van der Waals surface area contributed by atoms with Crippen LogP contribution in [0.5, 0.6) is 5.75 Å². The monoisotopic (exact) mass is 524 g/mol. The van der Waals surface area contributed by atoms with Gasteiger partial charge in [0.2, 0.25) is 0 Å². The van der Waals surface area contributed by atoms with Gasteiger partial charge in [-0.1, -0.05) is 122 Å². The van der Waals surface area contributed by atoms with Gasteiger partial charge in [0.15, 0.2) is 0 Å². The Morgan fingerprint density at radius 3 is 1.82 bits per heavy atom. The Kier molecular flexibility index (Phi) is 10.3.